The third-order valence-electron chi connectivity index (χ3n) is 5.14. The summed E-state index contributed by atoms with van der Waals surface area (Å²) in [5, 5.41) is 4.79. The molecule has 1 aromatic rings. The molecule has 136 valence electrons. The maximum Gasteiger partial charge on any atom is 0.267 e. The van der Waals surface area contributed by atoms with Gasteiger partial charge in [0.15, 0.2) is 11.5 Å². The summed E-state index contributed by atoms with van der Waals surface area (Å²) in [5.41, 5.74) is -0.625. The van der Waals surface area contributed by atoms with Crippen molar-refractivity contribution in [1.82, 2.24) is 10.2 Å². The van der Waals surface area contributed by atoms with E-state index in [1.807, 2.05) is 12.3 Å². The molecule has 0 radical (unpaired) electrons. The summed E-state index contributed by atoms with van der Waals surface area (Å²) in [6, 6.07) is 0. The van der Waals surface area contributed by atoms with E-state index < -0.39 is 5.41 Å². The zero-order valence-electron chi connectivity index (χ0n) is 14.2. The summed E-state index contributed by atoms with van der Waals surface area (Å²) in [4.78, 5) is 28.1. The highest BCUT2D eigenvalue weighted by atomic mass is 32.1. The summed E-state index contributed by atoms with van der Waals surface area (Å²) < 4.78 is 16.7. The lowest BCUT2D eigenvalue weighted by Crippen LogP contribution is -2.47. The minimum atomic E-state index is -0.625. The van der Waals surface area contributed by atoms with E-state index in [1.165, 1.54) is 11.3 Å². The van der Waals surface area contributed by atoms with Gasteiger partial charge < -0.3 is 24.4 Å². The van der Waals surface area contributed by atoms with Crippen molar-refractivity contribution >= 4 is 23.2 Å². The zero-order valence-corrected chi connectivity index (χ0v) is 15.0. The lowest BCUT2D eigenvalue weighted by Gasteiger charge is -2.26. The van der Waals surface area contributed by atoms with Crippen molar-refractivity contribution in [2.75, 3.05) is 46.1 Å². The van der Waals surface area contributed by atoms with Crippen molar-refractivity contribution in [3.63, 3.8) is 0 Å². The molecule has 0 spiro atoms. The maximum atomic E-state index is 13.0. The van der Waals surface area contributed by atoms with Gasteiger partial charge in [-0.2, -0.15) is 0 Å². The Labute approximate surface area is 150 Å². The SMILES string of the molecule is CCCNC(=O)[C@]12COC[C@H]1CN(C(=O)c1scc3c1OCCO3)C2. The molecule has 4 heterocycles. The van der Waals surface area contributed by atoms with Gasteiger partial charge in [0, 0.05) is 30.9 Å². The molecule has 7 nitrogen and oxygen atoms in total. The fourth-order valence-electron chi connectivity index (χ4n) is 3.78. The first-order valence-electron chi connectivity index (χ1n) is 8.68. The molecule has 3 aliphatic heterocycles. The maximum absolute atomic E-state index is 13.0. The molecule has 0 bridgehead atoms. The predicted octanol–water partition coefficient (Wildman–Crippen LogP) is 1.13. The molecule has 25 heavy (non-hydrogen) atoms. The average molecular weight is 366 g/mol. The third kappa shape index (κ3) is 2.67. The van der Waals surface area contributed by atoms with Crippen LogP contribution in [-0.2, 0) is 9.53 Å². The molecule has 2 atom stereocenters. The Morgan fingerprint density at radius 2 is 2.24 bits per heavy atom. The first kappa shape index (κ1) is 16.7. The molecule has 0 unspecified atom stereocenters. The molecular formula is C17H22N2O5S. The highest BCUT2D eigenvalue weighted by Gasteiger charge is 2.57. The fourth-order valence-corrected chi connectivity index (χ4v) is 4.68. The largest absolute Gasteiger partial charge is 0.485 e. The van der Waals surface area contributed by atoms with Crippen molar-refractivity contribution in [3.8, 4) is 11.5 Å². The van der Waals surface area contributed by atoms with Crippen molar-refractivity contribution in [1.29, 1.82) is 0 Å². The Morgan fingerprint density at radius 3 is 3.08 bits per heavy atom. The van der Waals surface area contributed by atoms with E-state index in [2.05, 4.69) is 5.32 Å². The topological polar surface area (TPSA) is 77.1 Å². The minimum absolute atomic E-state index is 0.0000539. The van der Waals surface area contributed by atoms with Crippen LogP contribution in [0.4, 0.5) is 0 Å². The minimum Gasteiger partial charge on any atom is -0.485 e. The molecule has 2 fully saturated rings. The number of nitrogens with zero attached hydrogens (tertiary/aromatic N) is 1. The average Bonchev–Trinajstić information content (AvgIpc) is 3.30. The standard InChI is InChI=1S/C17H22N2O5S/c1-2-3-18-16(21)17-9-19(6-11(17)7-22-10-17)15(20)14-13-12(8-25-14)23-4-5-24-13/h8,11H,2-7,9-10H2,1H3,(H,18,21)/t11-,17-/m1/s1. The monoisotopic (exact) mass is 366 g/mol. The van der Waals surface area contributed by atoms with Crippen LogP contribution in [0.5, 0.6) is 11.5 Å². The van der Waals surface area contributed by atoms with E-state index in [4.69, 9.17) is 14.2 Å². The summed E-state index contributed by atoms with van der Waals surface area (Å²) in [5.74, 6) is 1.13. The quantitative estimate of drug-likeness (QED) is 0.865. The van der Waals surface area contributed by atoms with E-state index in [1.54, 1.807) is 4.90 Å². The number of likely N-dealkylation sites (tertiary alicyclic amines) is 1. The molecule has 2 saturated heterocycles. The van der Waals surface area contributed by atoms with Gasteiger partial charge in [0.2, 0.25) is 5.91 Å². The van der Waals surface area contributed by atoms with E-state index in [0.29, 0.717) is 62.4 Å². The van der Waals surface area contributed by atoms with Gasteiger partial charge in [-0.3, -0.25) is 9.59 Å². The number of carbonyl (C=O) groups excluding carboxylic acids is 2. The molecule has 1 aromatic heterocycles. The Balaban J connectivity index is 1.54. The molecule has 1 N–H and O–H groups in total. The fraction of sp³-hybridized carbons (Fsp3) is 0.647. The molecule has 2 amide bonds. The van der Waals surface area contributed by atoms with Crippen molar-refractivity contribution < 1.29 is 23.8 Å². The van der Waals surface area contributed by atoms with E-state index in [9.17, 15) is 9.59 Å². The van der Waals surface area contributed by atoms with E-state index in [-0.39, 0.29) is 17.7 Å². The molecule has 3 aliphatic rings. The van der Waals surface area contributed by atoms with E-state index in [0.717, 1.165) is 6.42 Å². The molecule has 0 aliphatic carbocycles. The third-order valence-corrected chi connectivity index (χ3v) is 6.07. The van der Waals surface area contributed by atoms with Crippen LogP contribution in [-0.4, -0.2) is 62.8 Å². The smallest absolute Gasteiger partial charge is 0.267 e. The van der Waals surface area contributed by atoms with Gasteiger partial charge >= 0.3 is 0 Å². The summed E-state index contributed by atoms with van der Waals surface area (Å²) >= 11 is 1.34. The highest BCUT2D eigenvalue weighted by molar-refractivity contribution is 7.12. The van der Waals surface area contributed by atoms with Gasteiger partial charge in [-0.25, -0.2) is 0 Å². The van der Waals surface area contributed by atoms with Crippen LogP contribution in [0.1, 0.15) is 23.0 Å². The number of ether oxygens (including phenoxy) is 3. The number of hydrogen-bond acceptors (Lipinski definition) is 6. The summed E-state index contributed by atoms with van der Waals surface area (Å²) in [7, 11) is 0. The Morgan fingerprint density at radius 1 is 1.40 bits per heavy atom. The van der Waals surface area contributed by atoms with Crippen LogP contribution in [0.15, 0.2) is 5.38 Å². The van der Waals surface area contributed by atoms with Gasteiger partial charge in [-0.15, -0.1) is 11.3 Å². The van der Waals surface area contributed by atoms with Gasteiger partial charge in [0.1, 0.15) is 18.1 Å². The van der Waals surface area contributed by atoms with Crippen LogP contribution in [0.2, 0.25) is 0 Å². The highest BCUT2D eigenvalue weighted by Crippen LogP contribution is 2.45. The van der Waals surface area contributed by atoms with Gasteiger partial charge in [-0.1, -0.05) is 6.92 Å². The number of amides is 2. The normalized spacial score (nSPS) is 27.2. The van der Waals surface area contributed by atoms with Gasteiger partial charge in [-0.05, 0) is 6.42 Å². The first-order chi connectivity index (χ1) is 12.2. The van der Waals surface area contributed by atoms with Crippen LogP contribution in [0, 0.1) is 11.3 Å². The molecule has 0 aromatic carbocycles. The molecule has 0 saturated carbocycles. The van der Waals surface area contributed by atoms with Gasteiger partial charge in [0.25, 0.3) is 5.91 Å². The summed E-state index contributed by atoms with van der Waals surface area (Å²) in [6.07, 6.45) is 0.884. The second-order valence-electron chi connectivity index (χ2n) is 6.76. The number of hydrogen-bond donors (Lipinski definition) is 1. The van der Waals surface area contributed by atoms with Crippen molar-refractivity contribution in [2.24, 2.45) is 11.3 Å². The molecule has 8 heteroatoms. The number of nitrogens with one attached hydrogen (secondary N) is 1. The van der Waals surface area contributed by atoms with Crippen molar-refractivity contribution in [2.45, 2.75) is 13.3 Å². The lowest BCUT2D eigenvalue weighted by atomic mass is 9.80. The zero-order chi connectivity index (χ0) is 17.4. The predicted molar refractivity (Wildman–Crippen MR) is 91.3 cm³/mol. The van der Waals surface area contributed by atoms with Crippen LogP contribution in [0.25, 0.3) is 0 Å². The molecule has 4 rings (SSSR count). The number of fused-ring (bicyclic) bond motifs is 2. The number of carbonyl (C=O) groups is 2. The van der Waals surface area contributed by atoms with Crippen LogP contribution in [0.3, 0.4) is 0 Å². The summed E-state index contributed by atoms with van der Waals surface area (Å²) in [6.45, 7) is 5.43. The second-order valence-corrected chi connectivity index (χ2v) is 7.64. The van der Waals surface area contributed by atoms with E-state index >= 15 is 0 Å². The molecular weight excluding hydrogens is 344 g/mol. The van der Waals surface area contributed by atoms with Crippen LogP contribution < -0.4 is 14.8 Å². The Kier molecular flexibility index (Phi) is 4.33. The number of rotatable bonds is 4. The van der Waals surface area contributed by atoms with Crippen molar-refractivity contribution in [3.05, 3.63) is 10.3 Å². The first-order valence-corrected chi connectivity index (χ1v) is 9.56. The second kappa shape index (κ2) is 6.49. The Hall–Kier alpha value is -1.80. The Bertz CT molecular complexity index is 691. The lowest BCUT2D eigenvalue weighted by molar-refractivity contribution is -0.131. The van der Waals surface area contributed by atoms with Crippen LogP contribution >= 0.6 is 11.3 Å². The van der Waals surface area contributed by atoms with Gasteiger partial charge in [0.05, 0.1) is 18.6 Å². The number of thiophene rings is 1.